The lowest BCUT2D eigenvalue weighted by Crippen LogP contribution is -2.36. The maximum absolute atomic E-state index is 2.88. The first kappa shape index (κ1) is 29.3. The van der Waals surface area contributed by atoms with E-state index < -0.39 is 0 Å². The molecule has 0 heterocycles. The van der Waals surface area contributed by atoms with E-state index in [1.165, 1.54) is 38.5 Å². The molecular weight excluding hydrogens is 528 g/mol. The lowest BCUT2D eigenvalue weighted by Gasteiger charge is -2.48. The van der Waals surface area contributed by atoms with Crippen LogP contribution in [-0.4, -0.2) is 0 Å². The molecule has 4 fully saturated rings. The number of hydrogen-bond acceptors (Lipinski definition) is 0. The van der Waals surface area contributed by atoms with Gasteiger partial charge in [-0.25, -0.2) is 0 Å². The Balaban J connectivity index is 1.20. The largest absolute Gasteiger partial charge is 0.0805 e. The van der Waals surface area contributed by atoms with Crippen LogP contribution in [0, 0.1) is 80.8 Å². The van der Waals surface area contributed by atoms with Crippen LogP contribution in [0.3, 0.4) is 0 Å². The van der Waals surface area contributed by atoms with Crippen LogP contribution in [0.25, 0.3) is 0 Å². The van der Waals surface area contributed by atoms with Crippen LogP contribution in [0.2, 0.25) is 0 Å². The molecule has 0 aromatic heterocycles. The molecule has 0 amide bonds. The van der Waals surface area contributed by atoms with E-state index >= 15 is 0 Å². The van der Waals surface area contributed by atoms with Crippen molar-refractivity contribution < 1.29 is 0 Å². The second kappa shape index (κ2) is 9.72. The molecule has 0 bridgehead atoms. The summed E-state index contributed by atoms with van der Waals surface area (Å²) in [6, 6.07) is 0. The Morgan fingerprint density at radius 3 is 1.00 bits per heavy atom. The highest BCUT2D eigenvalue weighted by molar-refractivity contribution is 5.51. The molecule has 0 radical (unpaired) electrons. The molecule has 8 unspecified atom stereocenters. The summed E-state index contributed by atoms with van der Waals surface area (Å²) in [4.78, 5) is 0. The number of hydrogen-bond donors (Lipinski definition) is 0. The van der Waals surface area contributed by atoms with Crippen molar-refractivity contribution in [2.24, 2.45) is 80.8 Å². The van der Waals surface area contributed by atoms with Crippen molar-refractivity contribution >= 4 is 0 Å². The summed E-state index contributed by atoms with van der Waals surface area (Å²) in [6.45, 7) is 20.3. The second-order valence-electron chi connectivity index (χ2n) is 18.9. The molecule has 0 aromatic rings. The van der Waals surface area contributed by atoms with Gasteiger partial charge in [-0.15, -0.1) is 0 Å². The molecule has 4 saturated carbocycles. The summed E-state index contributed by atoms with van der Waals surface area (Å²) in [5.74, 6) is 6.83. The molecule has 0 nitrogen and oxygen atoms in total. The van der Waals surface area contributed by atoms with Gasteiger partial charge in [0.25, 0.3) is 0 Å². The molecule has 0 heteroatoms. The Hall–Kier alpha value is -2.08. The lowest BCUT2D eigenvalue weighted by atomic mass is 9.56. The number of rotatable bonds is 3. The molecular formula is C44H58. The van der Waals surface area contributed by atoms with Gasteiger partial charge in [-0.3, -0.25) is 0 Å². The normalized spacial score (nSPS) is 44.2. The maximum Gasteiger partial charge on any atom is -0.00924 e. The van der Waals surface area contributed by atoms with E-state index in [2.05, 4.69) is 128 Å². The molecule has 44 heavy (non-hydrogen) atoms. The summed E-state index contributed by atoms with van der Waals surface area (Å²) in [6.07, 6.45) is 39.0. The molecule has 8 aliphatic rings. The molecule has 234 valence electrons. The van der Waals surface area contributed by atoms with E-state index in [4.69, 9.17) is 0 Å². The number of allylic oxidation sites excluding steroid dienone is 16. The molecule has 0 saturated heterocycles. The van der Waals surface area contributed by atoms with E-state index in [0.29, 0.717) is 47.3 Å². The zero-order valence-corrected chi connectivity index (χ0v) is 28.9. The zero-order valence-electron chi connectivity index (χ0n) is 28.9. The van der Waals surface area contributed by atoms with E-state index in [-0.39, 0.29) is 21.7 Å². The van der Waals surface area contributed by atoms with Gasteiger partial charge in [-0.1, -0.05) is 128 Å². The van der Waals surface area contributed by atoms with E-state index in [1.54, 1.807) is 22.3 Å². The summed E-state index contributed by atoms with van der Waals surface area (Å²) in [5.41, 5.74) is 7.94. The van der Waals surface area contributed by atoms with Gasteiger partial charge in [0.15, 0.2) is 0 Å². The van der Waals surface area contributed by atoms with Crippen LogP contribution in [0.5, 0.6) is 0 Å². The minimum absolute atomic E-state index is 0.282. The van der Waals surface area contributed by atoms with Crippen LogP contribution in [-0.2, 0) is 0 Å². The lowest BCUT2D eigenvalue weighted by molar-refractivity contribution is 0.237. The molecule has 0 N–H and O–H groups in total. The average molecular weight is 587 g/mol. The molecule has 0 aromatic carbocycles. The predicted molar refractivity (Wildman–Crippen MR) is 187 cm³/mol. The standard InChI is InChI=1S/C44H58/c1-41(2)19-21-43(5,6)39-25-35-33(23-37(39)41)32(34-24-38-40(26-36(34)35)44(7,8)22-20-42(38,3)4)18-17-31-29-15-11-9-13-27(29)28-14-10-12-16-30(28)31/h9-16,23-36H,17-22H2,1-8H3. The Bertz CT molecular complexity index is 1360. The van der Waals surface area contributed by atoms with Gasteiger partial charge in [0.2, 0.25) is 0 Å². The monoisotopic (exact) mass is 586 g/mol. The highest BCUT2D eigenvalue weighted by atomic mass is 14.6. The Morgan fingerprint density at radius 2 is 0.659 bits per heavy atom. The second-order valence-corrected chi connectivity index (χ2v) is 18.9. The SMILES string of the molecule is CC1(C)CCC(C)(C)C2=CC3C(C=C21)C1C=C2C(=CC1C3CCC1C3C=CC=CC3C3C=CC=CC31)C(C)(C)CCC2(C)C. The van der Waals surface area contributed by atoms with Gasteiger partial charge in [0, 0.05) is 0 Å². The summed E-state index contributed by atoms with van der Waals surface area (Å²) in [7, 11) is 0. The van der Waals surface area contributed by atoms with Gasteiger partial charge in [-0.05, 0) is 142 Å². The van der Waals surface area contributed by atoms with Crippen molar-refractivity contribution in [1.29, 1.82) is 0 Å². The minimum Gasteiger partial charge on any atom is -0.0805 e. The first-order valence-electron chi connectivity index (χ1n) is 18.4. The topological polar surface area (TPSA) is 0 Å². The van der Waals surface area contributed by atoms with Gasteiger partial charge in [0.05, 0.1) is 0 Å². The molecule has 8 aliphatic carbocycles. The smallest absolute Gasteiger partial charge is 0.00924 e. The van der Waals surface area contributed by atoms with Crippen molar-refractivity contribution in [2.75, 3.05) is 0 Å². The summed E-state index contributed by atoms with van der Waals surface area (Å²) in [5, 5.41) is 0. The zero-order chi connectivity index (χ0) is 30.8. The van der Waals surface area contributed by atoms with Gasteiger partial charge in [0.1, 0.15) is 0 Å². The Labute approximate surface area is 269 Å². The quantitative estimate of drug-likeness (QED) is 0.308. The van der Waals surface area contributed by atoms with Crippen LogP contribution in [0.15, 0.2) is 95.2 Å². The van der Waals surface area contributed by atoms with E-state index in [9.17, 15) is 0 Å². The molecule has 0 aliphatic heterocycles. The highest BCUT2D eigenvalue weighted by Crippen LogP contribution is 2.64. The first-order valence-corrected chi connectivity index (χ1v) is 18.4. The van der Waals surface area contributed by atoms with Crippen LogP contribution in [0.4, 0.5) is 0 Å². The summed E-state index contributed by atoms with van der Waals surface area (Å²) >= 11 is 0. The Morgan fingerprint density at radius 1 is 0.386 bits per heavy atom. The molecule has 8 atom stereocenters. The van der Waals surface area contributed by atoms with Gasteiger partial charge >= 0.3 is 0 Å². The minimum atomic E-state index is 0.282. The van der Waals surface area contributed by atoms with Crippen molar-refractivity contribution in [2.45, 2.75) is 93.9 Å². The molecule has 8 rings (SSSR count). The van der Waals surface area contributed by atoms with Gasteiger partial charge in [-0.2, -0.15) is 0 Å². The van der Waals surface area contributed by atoms with Crippen molar-refractivity contribution in [1.82, 2.24) is 0 Å². The average Bonchev–Trinajstić information content (AvgIpc) is 3.47. The predicted octanol–water partition coefficient (Wildman–Crippen LogP) is 11.6. The van der Waals surface area contributed by atoms with Gasteiger partial charge < -0.3 is 0 Å². The van der Waals surface area contributed by atoms with Crippen molar-refractivity contribution in [3.63, 3.8) is 0 Å². The highest BCUT2D eigenvalue weighted by Gasteiger charge is 2.55. The van der Waals surface area contributed by atoms with Crippen molar-refractivity contribution in [3.05, 3.63) is 95.2 Å². The Kier molecular flexibility index (Phi) is 6.48. The third-order valence-electron chi connectivity index (χ3n) is 14.7. The first-order chi connectivity index (χ1) is 20.8. The number of fused-ring (bicyclic) bond motifs is 8. The molecule has 0 spiro atoms. The summed E-state index contributed by atoms with van der Waals surface area (Å²) < 4.78 is 0. The van der Waals surface area contributed by atoms with Crippen molar-refractivity contribution in [3.8, 4) is 0 Å². The fourth-order valence-electron chi connectivity index (χ4n) is 11.9. The van der Waals surface area contributed by atoms with E-state index in [0.717, 1.165) is 11.8 Å². The fourth-order valence-corrected chi connectivity index (χ4v) is 11.9. The van der Waals surface area contributed by atoms with E-state index in [1.807, 2.05) is 0 Å². The third-order valence-corrected chi connectivity index (χ3v) is 14.7. The van der Waals surface area contributed by atoms with Crippen LogP contribution >= 0.6 is 0 Å². The fraction of sp³-hybridized carbons (Fsp3) is 0.636. The maximum atomic E-state index is 2.88. The van der Waals surface area contributed by atoms with Crippen LogP contribution < -0.4 is 0 Å². The third kappa shape index (κ3) is 4.28. The van der Waals surface area contributed by atoms with Crippen LogP contribution in [0.1, 0.15) is 93.9 Å².